The summed E-state index contributed by atoms with van der Waals surface area (Å²) < 4.78 is 29.2. The zero-order valence-corrected chi connectivity index (χ0v) is 22.8. The van der Waals surface area contributed by atoms with Crippen molar-refractivity contribution in [1.29, 1.82) is 0 Å². The van der Waals surface area contributed by atoms with Gasteiger partial charge in [0, 0.05) is 31.1 Å². The Hall–Kier alpha value is -4.75. The molecule has 0 radical (unpaired) electrons. The van der Waals surface area contributed by atoms with E-state index in [0.29, 0.717) is 59.5 Å². The number of methoxy groups -OCH3 is 1. The van der Waals surface area contributed by atoms with Crippen LogP contribution >= 0.6 is 0 Å². The summed E-state index contributed by atoms with van der Waals surface area (Å²) in [6.45, 7) is 8.32. The summed E-state index contributed by atoms with van der Waals surface area (Å²) >= 11 is 0. The number of sulfone groups is 1. The number of amides is 1. The van der Waals surface area contributed by atoms with Gasteiger partial charge in [0.1, 0.15) is 5.75 Å². The Morgan fingerprint density at radius 2 is 1.73 bits per heavy atom. The Kier molecular flexibility index (Phi) is 7.24. The van der Waals surface area contributed by atoms with Crippen LogP contribution in [0.4, 0.5) is 0 Å². The number of hydrogen-bond donors (Lipinski definition) is 1. The van der Waals surface area contributed by atoms with Crippen LogP contribution in [0.3, 0.4) is 0 Å². The van der Waals surface area contributed by atoms with Gasteiger partial charge < -0.3 is 14.6 Å². The zero-order valence-electron chi connectivity index (χ0n) is 22.0. The van der Waals surface area contributed by atoms with Crippen molar-refractivity contribution in [2.75, 3.05) is 26.5 Å². The highest BCUT2D eigenvalue weighted by Crippen LogP contribution is 2.35. The topological polar surface area (TPSA) is 114 Å². The van der Waals surface area contributed by atoms with Gasteiger partial charge >= 0.3 is 0 Å². The lowest BCUT2D eigenvalue weighted by atomic mass is 9.97. The first-order valence-electron chi connectivity index (χ1n) is 12.6. The largest absolute Gasteiger partial charge is 0.494 e. The van der Waals surface area contributed by atoms with E-state index in [4.69, 9.17) is 11.3 Å². The predicted octanol–water partition coefficient (Wildman–Crippen LogP) is 4.78. The number of ether oxygens (including phenoxy) is 1. The molecule has 3 heterocycles. The standard InChI is InChI=1S/C30H26N4O5S/c1-31-26(19-7-5-4-6-8-19)21-13-15-34(16-14-21)30(36)29(35)23-17-32-28-25(23)24(39-2)18-33-27(28)20-9-11-22(12-10-20)40(3,37)38/h4-12,17-18,32H,13-16H2,2-3H3. The van der Waals surface area contributed by atoms with Crippen LogP contribution < -0.4 is 4.74 Å². The monoisotopic (exact) mass is 554 g/mol. The third-order valence-electron chi connectivity index (χ3n) is 7.04. The van der Waals surface area contributed by atoms with E-state index in [1.54, 1.807) is 12.1 Å². The molecule has 0 bridgehead atoms. The van der Waals surface area contributed by atoms with E-state index in [1.165, 1.54) is 36.5 Å². The third-order valence-corrected chi connectivity index (χ3v) is 8.17. The van der Waals surface area contributed by atoms with Crippen molar-refractivity contribution in [3.05, 3.63) is 95.1 Å². The summed E-state index contributed by atoms with van der Waals surface area (Å²) in [5.41, 5.74) is 4.22. The molecule has 1 aliphatic heterocycles. The summed E-state index contributed by atoms with van der Waals surface area (Å²) in [5, 5.41) is 0.426. The van der Waals surface area contributed by atoms with Crippen LogP contribution in [0.15, 0.2) is 77.5 Å². The number of H-pyrrole nitrogens is 1. The van der Waals surface area contributed by atoms with E-state index < -0.39 is 21.5 Å². The maximum atomic E-state index is 13.5. The van der Waals surface area contributed by atoms with E-state index in [2.05, 4.69) is 14.8 Å². The molecule has 0 atom stereocenters. The molecule has 4 aromatic rings. The van der Waals surface area contributed by atoms with Crippen molar-refractivity contribution < 1.29 is 22.7 Å². The molecule has 1 N–H and O–H groups in total. The molecule has 0 spiro atoms. The fraction of sp³-hybridized carbons (Fsp3) is 0.200. The number of rotatable bonds is 6. The molecule has 202 valence electrons. The van der Waals surface area contributed by atoms with Gasteiger partial charge in [0.2, 0.25) is 0 Å². The van der Waals surface area contributed by atoms with Gasteiger partial charge in [-0.05, 0) is 30.5 Å². The molecule has 5 rings (SSSR count). The average Bonchev–Trinajstić information content (AvgIpc) is 3.42. The molecular weight excluding hydrogens is 528 g/mol. The lowest BCUT2D eigenvalue weighted by Crippen LogP contribution is -2.40. The maximum Gasteiger partial charge on any atom is 0.295 e. The summed E-state index contributed by atoms with van der Waals surface area (Å²) in [6, 6.07) is 15.8. The molecular formula is C30H26N4O5S. The van der Waals surface area contributed by atoms with Gasteiger partial charge in [-0.3, -0.25) is 14.6 Å². The minimum absolute atomic E-state index is 0.167. The van der Waals surface area contributed by atoms with Crippen molar-refractivity contribution in [2.45, 2.75) is 17.7 Å². The van der Waals surface area contributed by atoms with Gasteiger partial charge in [0.15, 0.2) is 15.5 Å². The van der Waals surface area contributed by atoms with Crippen LogP contribution in [0.1, 0.15) is 28.8 Å². The quantitative estimate of drug-likeness (QED) is 0.209. The van der Waals surface area contributed by atoms with Gasteiger partial charge in [-0.25, -0.2) is 13.3 Å². The molecule has 0 unspecified atom stereocenters. The fourth-order valence-electron chi connectivity index (χ4n) is 4.95. The molecule has 1 amide bonds. The minimum atomic E-state index is -3.36. The van der Waals surface area contributed by atoms with Crippen LogP contribution in [0.25, 0.3) is 32.7 Å². The van der Waals surface area contributed by atoms with Crippen LogP contribution in [-0.2, 0) is 14.6 Å². The Balaban J connectivity index is 1.42. The molecule has 1 fully saturated rings. The number of aromatic nitrogens is 2. The van der Waals surface area contributed by atoms with Crippen molar-refractivity contribution in [3.63, 3.8) is 0 Å². The van der Waals surface area contributed by atoms with Crippen LogP contribution in [0.5, 0.6) is 5.75 Å². The Bertz CT molecular complexity index is 1790. The first-order chi connectivity index (χ1) is 19.2. The second-order valence-electron chi connectivity index (χ2n) is 9.48. The first-order valence-corrected chi connectivity index (χ1v) is 14.4. The molecule has 9 nitrogen and oxygen atoms in total. The normalized spacial score (nSPS) is 13.6. The van der Waals surface area contributed by atoms with Crippen LogP contribution in [-0.4, -0.2) is 61.4 Å². The number of pyridine rings is 1. The highest BCUT2D eigenvalue weighted by molar-refractivity contribution is 7.90. The fourth-order valence-corrected chi connectivity index (χ4v) is 5.58. The highest BCUT2D eigenvalue weighted by atomic mass is 32.2. The van der Waals surface area contributed by atoms with E-state index in [0.717, 1.165) is 17.4 Å². The van der Waals surface area contributed by atoms with Gasteiger partial charge in [0.05, 0.1) is 46.9 Å². The zero-order chi connectivity index (χ0) is 28.4. The number of carbonyl (C=O) groups excluding carboxylic acids is 2. The summed E-state index contributed by atoms with van der Waals surface area (Å²) in [6.07, 6.45) is 5.12. The van der Waals surface area contributed by atoms with Crippen LogP contribution in [0, 0.1) is 6.57 Å². The van der Waals surface area contributed by atoms with E-state index in [-0.39, 0.29) is 10.5 Å². The van der Waals surface area contributed by atoms with E-state index >= 15 is 0 Å². The number of aromatic amines is 1. The number of Topliss-reactive ketones (excluding diaryl/α,β-unsaturated/α-hetero) is 1. The van der Waals surface area contributed by atoms with E-state index in [9.17, 15) is 18.0 Å². The lowest BCUT2D eigenvalue weighted by molar-refractivity contribution is -0.126. The van der Waals surface area contributed by atoms with Crippen LogP contribution in [0.2, 0.25) is 0 Å². The van der Waals surface area contributed by atoms with Crippen molar-refractivity contribution >= 4 is 38.1 Å². The third kappa shape index (κ3) is 4.99. The van der Waals surface area contributed by atoms with Gasteiger partial charge in [-0.2, -0.15) is 0 Å². The highest BCUT2D eigenvalue weighted by Gasteiger charge is 2.30. The first kappa shape index (κ1) is 26.8. The maximum absolute atomic E-state index is 13.5. The molecule has 0 saturated carbocycles. The number of ketones is 1. The molecule has 2 aromatic carbocycles. The second kappa shape index (κ2) is 10.8. The smallest absolute Gasteiger partial charge is 0.295 e. The van der Waals surface area contributed by atoms with Gasteiger partial charge in [0.25, 0.3) is 11.7 Å². The molecule has 1 saturated heterocycles. The number of benzene rings is 2. The summed E-state index contributed by atoms with van der Waals surface area (Å²) in [7, 11) is -1.90. The molecule has 1 aliphatic rings. The lowest BCUT2D eigenvalue weighted by Gasteiger charge is -2.28. The molecule has 0 aliphatic carbocycles. The molecule has 2 aromatic heterocycles. The van der Waals surface area contributed by atoms with Crippen molar-refractivity contribution in [3.8, 4) is 17.0 Å². The number of carbonyl (C=O) groups is 2. The van der Waals surface area contributed by atoms with Crippen molar-refractivity contribution in [2.24, 2.45) is 0 Å². The molecule has 10 heteroatoms. The Morgan fingerprint density at radius 3 is 2.33 bits per heavy atom. The number of hydrogen-bond acceptors (Lipinski definition) is 6. The summed E-state index contributed by atoms with van der Waals surface area (Å²) in [4.78, 5) is 39.8. The van der Waals surface area contributed by atoms with Gasteiger partial charge in [-0.1, -0.05) is 48.0 Å². The summed E-state index contributed by atoms with van der Waals surface area (Å²) in [5.74, 6) is -0.964. The van der Waals surface area contributed by atoms with Gasteiger partial charge in [-0.15, -0.1) is 0 Å². The predicted molar refractivity (Wildman–Crippen MR) is 151 cm³/mol. The number of nitrogens with one attached hydrogen (secondary N) is 1. The minimum Gasteiger partial charge on any atom is -0.494 e. The number of fused-ring (bicyclic) bond motifs is 1. The number of nitrogens with zero attached hydrogens (tertiary/aromatic N) is 3. The Morgan fingerprint density at radius 1 is 1.05 bits per heavy atom. The number of piperidine rings is 1. The molecule has 40 heavy (non-hydrogen) atoms. The average molecular weight is 555 g/mol. The SMILES string of the molecule is [C-]#[N+]C(=C1CCN(C(=O)C(=O)c2c[nH]c3c(-c4ccc(S(C)(=O)=O)cc4)ncc(OC)c23)CC1)c1ccccc1. The second-order valence-corrected chi connectivity index (χ2v) is 11.5. The van der Waals surface area contributed by atoms with E-state index in [1.807, 2.05) is 30.3 Å². The van der Waals surface area contributed by atoms with Crippen molar-refractivity contribution in [1.82, 2.24) is 14.9 Å². The Labute approximate surface area is 231 Å². The number of likely N-dealkylation sites (tertiary alicyclic amines) is 1.